The summed E-state index contributed by atoms with van der Waals surface area (Å²) in [6, 6.07) is 3.67. The molecule has 0 amide bonds. The lowest BCUT2D eigenvalue weighted by Crippen LogP contribution is -2.44. The molecule has 0 spiro atoms. The topological polar surface area (TPSA) is 34.1 Å². The minimum atomic E-state index is -0.932. The van der Waals surface area contributed by atoms with Crippen LogP contribution in [0.25, 0.3) is 0 Å². The first-order valence-electron chi connectivity index (χ1n) is 4.89. The second-order valence-electron chi connectivity index (χ2n) is 3.48. The number of alkyl halides is 1. The number of nitrogens with one attached hydrogen (secondary N) is 1. The fourth-order valence-corrected chi connectivity index (χ4v) is 1.86. The fourth-order valence-electron chi connectivity index (χ4n) is 1.54. The Kier molecular flexibility index (Phi) is 3.74. The van der Waals surface area contributed by atoms with Crippen molar-refractivity contribution in [3.05, 3.63) is 22.0 Å². The van der Waals surface area contributed by atoms with E-state index in [2.05, 4.69) is 32.9 Å². The van der Waals surface area contributed by atoms with Crippen LogP contribution in [0.15, 0.2) is 18.3 Å². The van der Waals surface area contributed by atoms with Crippen molar-refractivity contribution in [1.82, 2.24) is 10.3 Å². The predicted molar refractivity (Wildman–Crippen MR) is 63.8 cm³/mol. The molecule has 0 saturated carbocycles. The lowest BCUT2D eigenvalue weighted by atomic mass is 10.1. The summed E-state index contributed by atoms with van der Waals surface area (Å²) in [6.45, 7) is 1.19. The zero-order valence-corrected chi connectivity index (χ0v) is 10.3. The second-order valence-corrected chi connectivity index (χ2v) is 4.59. The van der Waals surface area contributed by atoms with Gasteiger partial charge in [0.2, 0.25) is 0 Å². The van der Waals surface area contributed by atoms with Crippen LogP contribution in [0, 0.1) is 3.70 Å². The summed E-state index contributed by atoms with van der Waals surface area (Å²) in [7, 11) is 0. The van der Waals surface area contributed by atoms with E-state index < -0.39 is 6.17 Å². The third-order valence-electron chi connectivity index (χ3n) is 2.34. The largest absolute Gasteiger partial charge is 0.486 e. The molecule has 5 heteroatoms. The smallest absolute Gasteiger partial charge is 0.149 e. The Balaban J connectivity index is 1.98. The third-order valence-corrected chi connectivity index (χ3v) is 2.97. The molecule has 1 aromatic heterocycles. The van der Waals surface area contributed by atoms with Crippen molar-refractivity contribution in [3.8, 4) is 5.75 Å². The highest BCUT2D eigenvalue weighted by atomic mass is 127. The molecular weight excluding hydrogens is 310 g/mol. The van der Waals surface area contributed by atoms with Crippen molar-refractivity contribution < 1.29 is 9.13 Å². The van der Waals surface area contributed by atoms with Gasteiger partial charge >= 0.3 is 0 Å². The Morgan fingerprint density at radius 2 is 2.40 bits per heavy atom. The van der Waals surface area contributed by atoms with E-state index in [1.54, 1.807) is 6.20 Å². The van der Waals surface area contributed by atoms with Crippen LogP contribution in [0.2, 0.25) is 0 Å². The number of halogens is 2. The average molecular weight is 322 g/mol. The van der Waals surface area contributed by atoms with Gasteiger partial charge in [-0.1, -0.05) is 0 Å². The molecule has 2 heterocycles. The summed E-state index contributed by atoms with van der Waals surface area (Å²) >= 11 is 2.12. The van der Waals surface area contributed by atoms with Gasteiger partial charge in [-0.25, -0.2) is 9.37 Å². The summed E-state index contributed by atoms with van der Waals surface area (Å²) < 4.78 is 19.8. The summed E-state index contributed by atoms with van der Waals surface area (Å²) in [5.41, 5.74) is 0. The number of piperidine rings is 1. The lowest BCUT2D eigenvalue weighted by Gasteiger charge is -2.27. The first kappa shape index (κ1) is 11.1. The molecule has 82 valence electrons. The quantitative estimate of drug-likeness (QED) is 0.666. The van der Waals surface area contributed by atoms with E-state index in [1.807, 2.05) is 12.1 Å². The standard InChI is InChI=1S/C10H12FIN2O/c11-8-6-13-4-3-9(8)15-7-1-2-10(12)14-5-7/h1-2,5,8-9,13H,3-4,6H2/t8-,9+/m0/s1. The molecule has 0 aromatic carbocycles. The van der Waals surface area contributed by atoms with E-state index >= 15 is 0 Å². The zero-order chi connectivity index (χ0) is 10.7. The van der Waals surface area contributed by atoms with Crippen LogP contribution in [-0.4, -0.2) is 30.3 Å². The van der Waals surface area contributed by atoms with Crippen LogP contribution in [-0.2, 0) is 0 Å². The van der Waals surface area contributed by atoms with Gasteiger partial charge in [-0.05, 0) is 47.7 Å². The number of nitrogens with zero attached hydrogens (tertiary/aromatic N) is 1. The Hall–Kier alpha value is -0.430. The maximum absolute atomic E-state index is 13.4. The lowest BCUT2D eigenvalue weighted by molar-refractivity contribution is 0.0728. The maximum Gasteiger partial charge on any atom is 0.149 e. The molecule has 1 aliphatic heterocycles. The van der Waals surface area contributed by atoms with Crippen molar-refractivity contribution in [3.63, 3.8) is 0 Å². The number of rotatable bonds is 2. The third kappa shape index (κ3) is 3.01. The normalized spacial score (nSPS) is 26.3. The molecule has 3 nitrogen and oxygen atoms in total. The summed E-state index contributed by atoms with van der Waals surface area (Å²) in [6.07, 6.45) is 1.06. The predicted octanol–water partition coefficient (Wildman–Crippen LogP) is 1.77. The highest BCUT2D eigenvalue weighted by Crippen LogP contribution is 2.18. The van der Waals surface area contributed by atoms with Crippen LogP contribution in [0.4, 0.5) is 4.39 Å². The van der Waals surface area contributed by atoms with Crippen molar-refractivity contribution in [1.29, 1.82) is 0 Å². The van der Waals surface area contributed by atoms with Gasteiger partial charge in [0.1, 0.15) is 21.7 Å². The van der Waals surface area contributed by atoms with Crippen molar-refractivity contribution in [2.24, 2.45) is 0 Å². The van der Waals surface area contributed by atoms with Gasteiger partial charge in [0.25, 0.3) is 0 Å². The minimum Gasteiger partial charge on any atom is -0.486 e. The molecule has 1 saturated heterocycles. The van der Waals surface area contributed by atoms with Crippen molar-refractivity contribution >= 4 is 22.6 Å². The SMILES string of the molecule is F[C@H]1CNCC[C@H]1Oc1ccc(I)nc1. The van der Waals surface area contributed by atoms with Gasteiger partial charge in [-0.2, -0.15) is 0 Å². The second kappa shape index (κ2) is 5.07. The van der Waals surface area contributed by atoms with Gasteiger partial charge in [0, 0.05) is 6.54 Å². The van der Waals surface area contributed by atoms with Crippen LogP contribution >= 0.6 is 22.6 Å². The average Bonchev–Trinajstić information content (AvgIpc) is 2.25. The van der Waals surface area contributed by atoms with Gasteiger partial charge in [0.05, 0.1) is 6.20 Å². The van der Waals surface area contributed by atoms with E-state index in [1.165, 1.54) is 0 Å². The number of aromatic nitrogens is 1. The number of hydrogen-bond donors (Lipinski definition) is 1. The Morgan fingerprint density at radius 3 is 3.07 bits per heavy atom. The van der Waals surface area contributed by atoms with Gasteiger partial charge in [-0.15, -0.1) is 0 Å². The Bertz CT molecular complexity index is 320. The van der Waals surface area contributed by atoms with E-state index in [4.69, 9.17) is 4.74 Å². The monoisotopic (exact) mass is 322 g/mol. The van der Waals surface area contributed by atoms with E-state index in [-0.39, 0.29) is 6.10 Å². The van der Waals surface area contributed by atoms with Crippen LogP contribution in [0.5, 0.6) is 5.75 Å². The molecule has 2 atom stereocenters. The molecule has 0 unspecified atom stereocenters. The molecule has 15 heavy (non-hydrogen) atoms. The highest BCUT2D eigenvalue weighted by molar-refractivity contribution is 14.1. The molecule has 0 radical (unpaired) electrons. The molecule has 0 aliphatic carbocycles. The van der Waals surface area contributed by atoms with Gasteiger partial charge in [0.15, 0.2) is 0 Å². The number of ether oxygens (including phenoxy) is 1. The molecule has 1 aliphatic rings. The molecule has 0 bridgehead atoms. The van der Waals surface area contributed by atoms with E-state index in [0.717, 1.165) is 10.2 Å². The fraction of sp³-hybridized carbons (Fsp3) is 0.500. The molecular formula is C10H12FIN2O. The number of pyridine rings is 1. The molecule has 1 fully saturated rings. The number of hydrogen-bond acceptors (Lipinski definition) is 3. The van der Waals surface area contributed by atoms with Crippen LogP contribution in [0.3, 0.4) is 0 Å². The van der Waals surface area contributed by atoms with Gasteiger partial charge in [-0.3, -0.25) is 0 Å². The van der Waals surface area contributed by atoms with Crippen molar-refractivity contribution in [2.45, 2.75) is 18.7 Å². The highest BCUT2D eigenvalue weighted by Gasteiger charge is 2.26. The van der Waals surface area contributed by atoms with E-state index in [9.17, 15) is 4.39 Å². The Morgan fingerprint density at radius 1 is 1.53 bits per heavy atom. The molecule has 2 rings (SSSR count). The summed E-state index contributed by atoms with van der Waals surface area (Å²) in [4.78, 5) is 4.09. The van der Waals surface area contributed by atoms with Crippen LogP contribution < -0.4 is 10.1 Å². The van der Waals surface area contributed by atoms with E-state index in [0.29, 0.717) is 18.7 Å². The summed E-state index contributed by atoms with van der Waals surface area (Å²) in [5.74, 6) is 0.643. The first-order valence-corrected chi connectivity index (χ1v) is 5.96. The molecule has 1 N–H and O–H groups in total. The van der Waals surface area contributed by atoms with Crippen LogP contribution in [0.1, 0.15) is 6.42 Å². The molecule has 1 aromatic rings. The van der Waals surface area contributed by atoms with Crippen molar-refractivity contribution in [2.75, 3.05) is 13.1 Å². The minimum absolute atomic E-state index is 0.340. The van der Waals surface area contributed by atoms with Gasteiger partial charge < -0.3 is 10.1 Å². The zero-order valence-electron chi connectivity index (χ0n) is 8.12. The summed E-state index contributed by atoms with van der Waals surface area (Å²) in [5, 5.41) is 2.99. The maximum atomic E-state index is 13.4. The Labute approximate surface area is 102 Å². The first-order chi connectivity index (χ1) is 7.25.